The van der Waals surface area contributed by atoms with Gasteiger partial charge in [-0.2, -0.15) is 0 Å². The van der Waals surface area contributed by atoms with Crippen molar-refractivity contribution in [1.82, 2.24) is 10.6 Å². The van der Waals surface area contributed by atoms with E-state index in [0.717, 1.165) is 30.9 Å². The third-order valence-electron chi connectivity index (χ3n) is 4.29. The number of hydrogen-bond donors (Lipinski definition) is 2. The van der Waals surface area contributed by atoms with Gasteiger partial charge in [0, 0.05) is 31.2 Å². The summed E-state index contributed by atoms with van der Waals surface area (Å²) >= 11 is 0. The molecule has 3 rings (SSSR count). The van der Waals surface area contributed by atoms with Crippen LogP contribution in [-0.4, -0.2) is 44.6 Å². The van der Waals surface area contributed by atoms with Crippen molar-refractivity contribution in [2.75, 3.05) is 31.6 Å². The SMILES string of the molecule is COc1ccc(N2CC(C(=O)NC3CCNC3)CC2=O)cc1.Cl. The number of hydrogen-bond acceptors (Lipinski definition) is 4. The second-order valence-corrected chi connectivity index (χ2v) is 5.80. The number of anilines is 1. The zero-order chi connectivity index (χ0) is 15.5. The van der Waals surface area contributed by atoms with Gasteiger partial charge < -0.3 is 20.3 Å². The first-order valence-electron chi connectivity index (χ1n) is 7.63. The number of nitrogens with zero attached hydrogens (tertiary/aromatic N) is 1. The monoisotopic (exact) mass is 339 g/mol. The summed E-state index contributed by atoms with van der Waals surface area (Å²) in [5, 5.41) is 6.25. The molecule has 2 atom stereocenters. The van der Waals surface area contributed by atoms with Gasteiger partial charge in [-0.3, -0.25) is 9.59 Å². The lowest BCUT2D eigenvalue weighted by atomic mass is 10.1. The minimum atomic E-state index is -0.268. The van der Waals surface area contributed by atoms with Gasteiger partial charge in [-0.1, -0.05) is 0 Å². The highest BCUT2D eigenvalue weighted by atomic mass is 35.5. The normalized spacial score (nSPS) is 23.5. The molecular formula is C16H22ClN3O3. The van der Waals surface area contributed by atoms with Crippen LogP contribution in [0.25, 0.3) is 0 Å². The van der Waals surface area contributed by atoms with Crippen LogP contribution in [0, 0.1) is 5.92 Å². The number of nitrogens with one attached hydrogen (secondary N) is 2. The smallest absolute Gasteiger partial charge is 0.227 e. The van der Waals surface area contributed by atoms with Crippen molar-refractivity contribution in [3.63, 3.8) is 0 Å². The molecule has 7 heteroatoms. The Morgan fingerprint density at radius 3 is 2.70 bits per heavy atom. The largest absolute Gasteiger partial charge is 0.497 e. The van der Waals surface area contributed by atoms with E-state index in [2.05, 4.69) is 10.6 Å². The lowest BCUT2D eigenvalue weighted by molar-refractivity contribution is -0.126. The van der Waals surface area contributed by atoms with E-state index in [1.165, 1.54) is 0 Å². The van der Waals surface area contributed by atoms with E-state index in [1.54, 1.807) is 12.0 Å². The number of halogens is 1. The minimum Gasteiger partial charge on any atom is -0.497 e. The van der Waals surface area contributed by atoms with Crippen molar-refractivity contribution in [2.45, 2.75) is 18.9 Å². The molecule has 0 saturated carbocycles. The molecule has 2 saturated heterocycles. The number of ether oxygens (including phenoxy) is 1. The van der Waals surface area contributed by atoms with Gasteiger partial charge in [-0.05, 0) is 37.2 Å². The fourth-order valence-corrected chi connectivity index (χ4v) is 2.99. The molecule has 23 heavy (non-hydrogen) atoms. The van der Waals surface area contributed by atoms with Gasteiger partial charge in [0.15, 0.2) is 0 Å². The highest BCUT2D eigenvalue weighted by Gasteiger charge is 2.36. The Morgan fingerprint density at radius 2 is 2.09 bits per heavy atom. The van der Waals surface area contributed by atoms with Crippen LogP contribution in [0.4, 0.5) is 5.69 Å². The van der Waals surface area contributed by atoms with Gasteiger partial charge in [0.05, 0.1) is 13.0 Å². The van der Waals surface area contributed by atoms with Gasteiger partial charge in [-0.25, -0.2) is 0 Å². The molecule has 1 aromatic carbocycles. The van der Waals surface area contributed by atoms with Crippen LogP contribution >= 0.6 is 12.4 Å². The summed E-state index contributed by atoms with van der Waals surface area (Å²) in [6.07, 6.45) is 1.23. The predicted molar refractivity (Wildman–Crippen MR) is 90.1 cm³/mol. The Labute approximate surface area is 142 Å². The minimum absolute atomic E-state index is 0. The summed E-state index contributed by atoms with van der Waals surface area (Å²) in [4.78, 5) is 26.1. The molecule has 0 aromatic heterocycles. The average Bonchev–Trinajstić information content (AvgIpc) is 3.17. The number of methoxy groups -OCH3 is 1. The fourth-order valence-electron chi connectivity index (χ4n) is 2.99. The standard InChI is InChI=1S/C16H21N3O3.ClH/c1-22-14-4-2-13(3-5-14)19-10-11(8-15(19)20)16(21)18-12-6-7-17-9-12;/h2-5,11-12,17H,6-10H2,1H3,(H,18,21);1H. The summed E-state index contributed by atoms with van der Waals surface area (Å²) in [6, 6.07) is 7.52. The molecular weight excluding hydrogens is 318 g/mol. The third-order valence-corrected chi connectivity index (χ3v) is 4.29. The van der Waals surface area contributed by atoms with E-state index in [1.807, 2.05) is 24.3 Å². The van der Waals surface area contributed by atoms with Gasteiger partial charge in [0.1, 0.15) is 5.75 Å². The molecule has 6 nitrogen and oxygen atoms in total. The van der Waals surface area contributed by atoms with Crippen molar-refractivity contribution in [3.8, 4) is 5.75 Å². The molecule has 2 aliphatic rings. The van der Waals surface area contributed by atoms with Gasteiger partial charge in [0.25, 0.3) is 0 Å². The quantitative estimate of drug-likeness (QED) is 0.857. The second kappa shape index (κ2) is 7.66. The zero-order valence-electron chi connectivity index (χ0n) is 13.1. The Kier molecular flexibility index (Phi) is 5.85. The maximum Gasteiger partial charge on any atom is 0.227 e. The van der Waals surface area contributed by atoms with Crippen molar-refractivity contribution in [3.05, 3.63) is 24.3 Å². The molecule has 0 aliphatic carbocycles. The Balaban J connectivity index is 0.00000192. The number of benzene rings is 1. The van der Waals surface area contributed by atoms with Crippen LogP contribution in [0.2, 0.25) is 0 Å². The Bertz CT molecular complexity index is 558. The number of amides is 2. The van der Waals surface area contributed by atoms with E-state index in [0.29, 0.717) is 6.54 Å². The molecule has 0 spiro atoms. The predicted octanol–water partition coefficient (Wildman–Crippen LogP) is 0.948. The Hall–Kier alpha value is -1.79. The lowest BCUT2D eigenvalue weighted by Crippen LogP contribution is -2.40. The van der Waals surface area contributed by atoms with Gasteiger partial charge in [-0.15, -0.1) is 12.4 Å². The Morgan fingerprint density at radius 1 is 1.35 bits per heavy atom. The molecule has 126 valence electrons. The van der Waals surface area contributed by atoms with Crippen LogP contribution in [0.5, 0.6) is 5.75 Å². The maximum absolute atomic E-state index is 12.3. The van der Waals surface area contributed by atoms with Crippen molar-refractivity contribution in [1.29, 1.82) is 0 Å². The first-order valence-corrected chi connectivity index (χ1v) is 7.63. The summed E-state index contributed by atoms with van der Waals surface area (Å²) in [5.41, 5.74) is 0.809. The molecule has 0 radical (unpaired) electrons. The molecule has 2 unspecified atom stereocenters. The van der Waals surface area contributed by atoms with Crippen LogP contribution in [0.1, 0.15) is 12.8 Å². The number of carbonyl (C=O) groups is 2. The average molecular weight is 340 g/mol. The van der Waals surface area contributed by atoms with E-state index in [9.17, 15) is 9.59 Å². The van der Waals surface area contributed by atoms with Crippen molar-refractivity contribution in [2.24, 2.45) is 5.92 Å². The summed E-state index contributed by atoms with van der Waals surface area (Å²) in [7, 11) is 1.61. The lowest BCUT2D eigenvalue weighted by Gasteiger charge is -2.18. The summed E-state index contributed by atoms with van der Waals surface area (Å²) in [5.74, 6) is 0.460. The van der Waals surface area contributed by atoms with Crippen LogP contribution in [0.3, 0.4) is 0 Å². The van der Waals surface area contributed by atoms with E-state index < -0.39 is 0 Å². The second-order valence-electron chi connectivity index (χ2n) is 5.80. The first-order chi connectivity index (χ1) is 10.7. The molecule has 2 heterocycles. The maximum atomic E-state index is 12.3. The highest BCUT2D eigenvalue weighted by Crippen LogP contribution is 2.27. The van der Waals surface area contributed by atoms with Crippen LogP contribution in [-0.2, 0) is 9.59 Å². The molecule has 2 amide bonds. The van der Waals surface area contributed by atoms with Crippen LogP contribution < -0.4 is 20.3 Å². The molecule has 1 aromatic rings. The van der Waals surface area contributed by atoms with Crippen molar-refractivity contribution < 1.29 is 14.3 Å². The topological polar surface area (TPSA) is 70.7 Å². The summed E-state index contributed by atoms with van der Waals surface area (Å²) in [6.45, 7) is 2.19. The fraction of sp³-hybridized carbons (Fsp3) is 0.500. The van der Waals surface area contributed by atoms with E-state index >= 15 is 0 Å². The third kappa shape index (κ3) is 3.95. The first kappa shape index (κ1) is 17.6. The zero-order valence-corrected chi connectivity index (χ0v) is 13.9. The van der Waals surface area contributed by atoms with Gasteiger partial charge >= 0.3 is 0 Å². The molecule has 2 fully saturated rings. The molecule has 2 aliphatic heterocycles. The summed E-state index contributed by atoms with van der Waals surface area (Å²) < 4.78 is 5.12. The van der Waals surface area contributed by atoms with Crippen LogP contribution in [0.15, 0.2) is 24.3 Å². The number of carbonyl (C=O) groups excluding carboxylic acids is 2. The molecule has 2 N–H and O–H groups in total. The van der Waals surface area contributed by atoms with E-state index in [4.69, 9.17) is 4.74 Å². The molecule has 0 bridgehead atoms. The van der Waals surface area contributed by atoms with Gasteiger partial charge in [0.2, 0.25) is 11.8 Å². The number of rotatable bonds is 4. The van der Waals surface area contributed by atoms with E-state index in [-0.39, 0.29) is 42.6 Å². The highest BCUT2D eigenvalue weighted by molar-refractivity contribution is 6.00. The van der Waals surface area contributed by atoms with Crippen molar-refractivity contribution >= 4 is 29.9 Å².